The Balaban J connectivity index is 1.42. The molecule has 1 N–H and O–H groups in total. The van der Waals surface area contributed by atoms with Crippen LogP contribution in [-0.2, 0) is 4.74 Å². The second-order valence-electron chi connectivity index (χ2n) is 6.80. The van der Waals surface area contributed by atoms with Gasteiger partial charge in [0.1, 0.15) is 12.4 Å². The van der Waals surface area contributed by atoms with Crippen molar-refractivity contribution in [3.8, 4) is 5.75 Å². The second-order valence-corrected chi connectivity index (χ2v) is 7.78. The Morgan fingerprint density at radius 1 is 1.11 bits per heavy atom. The number of amides is 1. The molecule has 1 aliphatic rings. The maximum absolute atomic E-state index is 12.8. The molecule has 2 unspecified atom stereocenters. The average Bonchev–Trinajstić information content (AvgIpc) is 3.45. The van der Waals surface area contributed by atoms with E-state index < -0.39 is 0 Å². The monoisotopic (exact) mass is 393 g/mol. The zero-order valence-corrected chi connectivity index (χ0v) is 16.4. The Bertz CT molecular complexity index is 872. The molecule has 0 spiro atoms. The van der Waals surface area contributed by atoms with Gasteiger partial charge < -0.3 is 14.8 Å². The third kappa shape index (κ3) is 4.61. The van der Waals surface area contributed by atoms with E-state index in [1.54, 1.807) is 23.5 Å². The summed E-state index contributed by atoms with van der Waals surface area (Å²) < 4.78 is 11.3. The number of hydrogen-bond donors (Lipinski definition) is 1. The molecule has 0 aliphatic carbocycles. The maximum Gasteiger partial charge on any atom is 0.252 e. The fraction of sp³-hybridized carbons (Fsp3) is 0.261. The zero-order valence-electron chi connectivity index (χ0n) is 15.5. The largest absolute Gasteiger partial charge is 0.491 e. The van der Waals surface area contributed by atoms with E-state index in [2.05, 4.69) is 5.32 Å². The van der Waals surface area contributed by atoms with Crippen molar-refractivity contribution >= 4 is 17.2 Å². The van der Waals surface area contributed by atoms with E-state index in [1.807, 2.05) is 60.0 Å². The first-order valence-corrected chi connectivity index (χ1v) is 10.4. The Morgan fingerprint density at radius 2 is 1.93 bits per heavy atom. The second kappa shape index (κ2) is 9.04. The van der Waals surface area contributed by atoms with Crippen molar-refractivity contribution < 1.29 is 14.3 Å². The van der Waals surface area contributed by atoms with Crippen molar-refractivity contribution in [1.82, 2.24) is 5.32 Å². The summed E-state index contributed by atoms with van der Waals surface area (Å²) in [5.41, 5.74) is 1.68. The van der Waals surface area contributed by atoms with Crippen LogP contribution in [0, 0.1) is 0 Å². The van der Waals surface area contributed by atoms with Gasteiger partial charge in [0.25, 0.3) is 5.91 Å². The van der Waals surface area contributed by atoms with Gasteiger partial charge in [-0.05, 0) is 54.1 Å². The highest BCUT2D eigenvalue weighted by molar-refractivity contribution is 7.10. The fourth-order valence-electron chi connectivity index (χ4n) is 3.30. The molecule has 1 aliphatic heterocycles. The van der Waals surface area contributed by atoms with Crippen LogP contribution in [0.15, 0.2) is 72.1 Å². The fourth-order valence-corrected chi connectivity index (χ4v) is 4.10. The third-order valence-electron chi connectivity index (χ3n) is 4.81. The van der Waals surface area contributed by atoms with E-state index >= 15 is 0 Å². The van der Waals surface area contributed by atoms with E-state index in [0.29, 0.717) is 12.2 Å². The van der Waals surface area contributed by atoms with Gasteiger partial charge in [0.15, 0.2) is 0 Å². The van der Waals surface area contributed by atoms with Crippen molar-refractivity contribution in [3.05, 3.63) is 88.1 Å². The lowest BCUT2D eigenvalue weighted by Gasteiger charge is -2.18. The molecule has 4 nitrogen and oxygen atoms in total. The average molecular weight is 394 g/mol. The molecule has 144 valence electrons. The van der Waals surface area contributed by atoms with E-state index in [4.69, 9.17) is 9.47 Å². The van der Waals surface area contributed by atoms with E-state index in [1.165, 1.54) is 0 Å². The molecule has 2 heterocycles. The van der Waals surface area contributed by atoms with Crippen LogP contribution in [0.4, 0.5) is 0 Å². The molecular formula is C23H23NO3S. The van der Waals surface area contributed by atoms with Crippen LogP contribution in [0.1, 0.15) is 39.7 Å². The number of thiophene rings is 1. The van der Waals surface area contributed by atoms with Crippen LogP contribution < -0.4 is 10.1 Å². The molecule has 2 atom stereocenters. The first-order chi connectivity index (χ1) is 13.8. The third-order valence-corrected chi connectivity index (χ3v) is 5.75. The summed E-state index contributed by atoms with van der Waals surface area (Å²) in [7, 11) is 0. The van der Waals surface area contributed by atoms with Crippen LogP contribution >= 0.6 is 11.3 Å². The Kier molecular flexibility index (Phi) is 6.04. The highest BCUT2D eigenvalue weighted by atomic mass is 32.1. The van der Waals surface area contributed by atoms with Gasteiger partial charge in [-0.1, -0.05) is 36.4 Å². The van der Waals surface area contributed by atoms with Crippen molar-refractivity contribution in [1.29, 1.82) is 0 Å². The number of nitrogens with one attached hydrogen (secondary N) is 1. The van der Waals surface area contributed by atoms with E-state index in [9.17, 15) is 4.79 Å². The number of rotatable bonds is 7. The van der Waals surface area contributed by atoms with Gasteiger partial charge in [0, 0.05) is 17.0 Å². The molecule has 1 saturated heterocycles. The van der Waals surface area contributed by atoms with Crippen LogP contribution in [0.3, 0.4) is 0 Å². The van der Waals surface area contributed by atoms with Gasteiger partial charge in [0.2, 0.25) is 0 Å². The lowest BCUT2D eigenvalue weighted by molar-refractivity contribution is 0.0679. The smallest absolute Gasteiger partial charge is 0.252 e. The molecule has 5 heteroatoms. The maximum atomic E-state index is 12.8. The van der Waals surface area contributed by atoms with E-state index in [-0.39, 0.29) is 18.1 Å². The van der Waals surface area contributed by atoms with Crippen molar-refractivity contribution in [2.45, 2.75) is 25.0 Å². The zero-order chi connectivity index (χ0) is 19.2. The molecule has 2 aromatic carbocycles. The van der Waals surface area contributed by atoms with Crippen LogP contribution in [0.2, 0.25) is 0 Å². The minimum absolute atomic E-state index is 0.104. The Hall–Kier alpha value is -2.63. The Labute approximate surface area is 169 Å². The minimum Gasteiger partial charge on any atom is -0.491 e. The molecule has 4 rings (SSSR count). The first-order valence-electron chi connectivity index (χ1n) is 9.53. The lowest BCUT2D eigenvalue weighted by atomic mass is 10.0. The topological polar surface area (TPSA) is 47.6 Å². The molecule has 1 amide bonds. The summed E-state index contributed by atoms with van der Waals surface area (Å²) in [6.45, 7) is 1.37. The predicted octanol–water partition coefficient (Wildman–Crippen LogP) is 4.83. The molecular weight excluding hydrogens is 370 g/mol. The molecule has 1 fully saturated rings. The minimum atomic E-state index is -0.163. The summed E-state index contributed by atoms with van der Waals surface area (Å²) >= 11 is 1.64. The van der Waals surface area contributed by atoms with Gasteiger partial charge in [0.05, 0.1) is 12.1 Å². The summed E-state index contributed by atoms with van der Waals surface area (Å²) in [5, 5.41) is 5.18. The number of benzene rings is 2. The van der Waals surface area contributed by atoms with Gasteiger partial charge in [-0.2, -0.15) is 0 Å². The summed E-state index contributed by atoms with van der Waals surface area (Å²) in [6, 6.07) is 21.2. The van der Waals surface area contributed by atoms with E-state index in [0.717, 1.165) is 35.6 Å². The van der Waals surface area contributed by atoms with Gasteiger partial charge in [-0.15, -0.1) is 11.3 Å². The molecule has 1 aromatic heterocycles. The Morgan fingerprint density at radius 3 is 2.61 bits per heavy atom. The highest BCUT2D eigenvalue weighted by Gasteiger charge is 2.19. The number of carbonyl (C=O) groups excluding carboxylic acids is 1. The summed E-state index contributed by atoms with van der Waals surface area (Å²) in [5.74, 6) is 0.651. The number of ether oxygens (including phenoxy) is 2. The molecule has 28 heavy (non-hydrogen) atoms. The highest BCUT2D eigenvalue weighted by Crippen LogP contribution is 2.26. The molecule has 0 radical (unpaired) electrons. The van der Waals surface area contributed by atoms with Crippen LogP contribution in [0.5, 0.6) is 5.75 Å². The quantitative estimate of drug-likeness (QED) is 0.626. The number of hydrogen-bond acceptors (Lipinski definition) is 4. The lowest BCUT2D eigenvalue weighted by Crippen LogP contribution is -2.28. The number of carbonyl (C=O) groups is 1. The standard InChI is InChI=1S/C23H23NO3S/c25-23(18-10-12-19(13-11-18)27-16-20-8-4-14-26-20)24-22(21-9-5-15-28-21)17-6-2-1-3-7-17/h1-3,5-7,9-13,15,20,22H,4,8,14,16H2,(H,24,25). The van der Waals surface area contributed by atoms with Crippen LogP contribution in [0.25, 0.3) is 0 Å². The molecule has 3 aromatic rings. The summed E-state index contributed by atoms with van der Waals surface area (Å²) in [4.78, 5) is 13.9. The van der Waals surface area contributed by atoms with Crippen LogP contribution in [-0.4, -0.2) is 25.2 Å². The van der Waals surface area contributed by atoms with Crippen molar-refractivity contribution in [2.24, 2.45) is 0 Å². The van der Waals surface area contributed by atoms with Gasteiger partial charge >= 0.3 is 0 Å². The SMILES string of the molecule is O=C(NC(c1ccccc1)c1cccs1)c1ccc(OCC2CCCO2)cc1. The first kappa shape index (κ1) is 18.7. The molecule has 0 saturated carbocycles. The van der Waals surface area contributed by atoms with Crippen molar-refractivity contribution in [2.75, 3.05) is 13.2 Å². The van der Waals surface area contributed by atoms with Gasteiger partial charge in [-0.3, -0.25) is 4.79 Å². The predicted molar refractivity (Wildman–Crippen MR) is 111 cm³/mol. The normalized spacial score (nSPS) is 17.2. The molecule has 0 bridgehead atoms. The van der Waals surface area contributed by atoms with Crippen molar-refractivity contribution in [3.63, 3.8) is 0 Å². The summed E-state index contributed by atoms with van der Waals surface area (Å²) in [6.07, 6.45) is 2.32. The van der Waals surface area contributed by atoms with Gasteiger partial charge in [-0.25, -0.2) is 0 Å².